The molecule has 0 bridgehead atoms. The number of nitrogens with one attached hydrogen (secondary N) is 1. The van der Waals surface area contributed by atoms with E-state index in [0.717, 1.165) is 6.42 Å². The van der Waals surface area contributed by atoms with Gasteiger partial charge in [0.15, 0.2) is 0 Å². The second-order valence-corrected chi connectivity index (χ2v) is 4.44. The highest BCUT2D eigenvalue weighted by Gasteiger charge is 2.25. The van der Waals surface area contributed by atoms with E-state index in [1.807, 2.05) is 6.08 Å². The average molecular weight is 257 g/mol. The van der Waals surface area contributed by atoms with Crippen molar-refractivity contribution in [3.63, 3.8) is 0 Å². The van der Waals surface area contributed by atoms with Crippen molar-refractivity contribution in [3.05, 3.63) is 23.6 Å². The van der Waals surface area contributed by atoms with Crippen LogP contribution < -0.4 is 5.32 Å². The van der Waals surface area contributed by atoms with Crippen LogP contribution in [0.5, 0.6) is 0 Å². The predicted octanol–water partition coefficient (Wildman–Crippen LogP) is 0.216. The Labute approximate surface area is 101 Å². The van der Waals surface area contributed by atoms with Gasteiger partial charge in [-0.05, 0) is 17.9 Å². The Hall–Kier alpha value is -1.76. The van der Waals surface area contributed by atoms with Gasteiger partial charge in [0.05, 0.1) is 6.04 Å². The largest absolute Gasteiger partial charge is 0.473 e. The van der Waals surface area contributed by atoms with Gasteiger partial charge in [-0.3, -0.25) is 4.79 Å². The highest BCUT2D eigenvalue weighted by Crippen LogP contribution is 2.28. The van der Waals surface area contributed by atoms with Crippen molar-refractivity contribution in [3.8, 4) is 0 Å². The zero-order valence-corrected chi connectivity index (χ0v) is 9.52. The molecule has 17 heavy (non-hydrogen) atoms. The molecule has 0 aromatic carbocycles. The molecular weight excluding hydrogens is 246 g/mol. The summed E-state index contributed by atoms with van der Waals surface area (Å²) in [6.07, 6.45) is 6.61. The summed E-state index contributed by atoms with van der Waals surface area (Å²) < 4.78 is 0. The molecule has 0 saturated heterocycles. The molecule has 0 radical (unpaired) electrons. The molecule has 92 valence electrons. The monoisotopic (exact) mass is 257 g/mol. The molecular formula is C10H11NO5S. The second-order valence-electron chi connectivity index (χ2n) is 3.29. The number of hydrogen-bond acceptors (Lipinski definition) is 4. The third-order valence-electron chi connectivity index (χ3n) is 2.07. The summed E-state index contributed by atoms with van der Waals surface area (Å²) in [7, 11) is 0. The number of carboxylic acid groups (broad SMARTS) is 2. The van der Waals surface area contributed by atoms with Gasteiger partial charge in [-0.1, -0.05) is 12.2 Å². The number of allylic oxidation sites excluding steroid dienone is 1. The molecule has 2 heterocycles. The van der Waals surface area contributed by atoms with Gasteiger partial charge in [0.25, 0.3) is 0 Å². The number of aliphatic carboxylic acids is 2. The van der Waals surface area contributed by atoms with E-state index < -0.39 is 11.9 Å². The topological polar surface area (TPSA) is 104 Å². The molecule has 3 N–H and O–H groups in total. The highest BCUT2D eigenvalue weighted by atomic mass is 32.2. The minimum absolute atomic E-state index is 0.0321. The molecule has 6 nitrogen and oxygen atoms in total. The number of rotatable bonds is 0. The minimum Gasteiger partial charge on any atom is -0.473 e. The third kappa shape index (κ3) is 4.31. The van der Waals surface area contributed by atoms with Crippen molar-refractivity contribution in [2.24, 2.45) is 0 Å². The standard InChI is InChI=1S/C8H9NOS.C2H2O4/c10-8-3-1-2-7-6(9-8)4-5-11-7;3-1(4)2(5)6/h1,3-7H,2H2,(H,9,10);(H,3,4)(H,5,6). The van der Waals surface area contributed by atoms with E-state index in [2.05, 4.69) is 16.8 Å². The van der Waals surface area contributed by atoms with Crippen LogP contribution in [0.1, 0.15) is 6.42 Å². The molecule has 2 atom stereocenters. The molecule has 0 aromatic rings. The third-order valence-corrected chi connectivity index (χ3v) is 3.22. The van der Waals surface area contributed by atoms with Crippen LogP contribution in [0.25, 0.3) is 0 Å². The summed E-state index contributed by atoms with van der Waals surface area (Å²) in [4.78, 5) is 29.2. The zero-order valence-electron chi connectivity index (χ0n) is 8.70. The van der Waals surface area contributed by atoms with E-state index in [1.54, 1.807) is 17.8 Å². The van der Waals surface area contributed by atoms with Crippen LogP contribution in [0.4, 0.5) is 0 Å². The SMILES string of the molecule is O=C(O)C(=O)O.O=C1C=CCC2SC=CC2N1. The van der Waals surface area contributed by atoms with E-state index >= 15 is 0 Å². The fraction of sp³-hybridized carbons (Fsp3) is 0.300. The minimum atomic E-state index is -1.82. The summed E-state index contributed by atoms with van der Waals surface area (Å²) in [5.41, 5.74) is 0. The number of amides is 1. The van der Waals surface area contributed by atoms with Gasteiger partial charge >= 0.3 is 11.9 Å². The molecule has 7 heteroatoms. The first-order chi connectivity index (χ1) is 8.00. The number of carbonyl (C=O) groups excluding carboxylic acids is 1. The lowest BCUT2D eigenvalue weighted by molar-refractivity contribution is -0.159. The quantitative estimate of drug-likeness (QED) is 0.536. The first-order valence-corrected chi connectivity index (χ1v) is 5.70. The van der Waals surface area contributed by atoms with Crippen molar-refractivity contribution in [2.45, 2.75) is 17.7 Å². The van der Waals surface area contributed by atoms with Crippen LogP contribution in [0.3, 0.4) is 0 Å². The Morgan fingerprint density at radius 2 is 2.00 bits per heavy atom. The highest BCUT2D eigenvalue weighted by molar-refractivity contribution is 8.03. The van der Waals surface area contributed by atoms with Gasteiger partial charge in [0.1, 0.15) is 0 Å². The van der Waals surface area contributed by atoms with Gasteiger partial charge < -0.3 is 15.5 Å². The Bertz CT molecular complexity index is 378. The summed E-state index contributed by atoms with van der Waals surface area (Å²) in [5.74, 6) is -3.62. The van der Waals surface area contributed by atoms with Crippen LogP contribution >= 0.6 is 11.8 Å². The van der Waals surface area contributed by atoms with Gasteiger partial charge in [0.2, 0.25) is 5.91 Å². The molecule has 0 fully saturated rings. The Morgan fingerprint density at radius 3 is 2.59 bits per heavy atom. The van der Waals surface area contributed by atoms with Crippen LogP contribution in [0.2, 0.25) is 0 Å². The predicted molar refractivity (Wildman–Crippen MR) is 61.5 cm³/mol. The van der Waals surface area contributed by atoms with Gasteiger partial charge in [-0.25, -0.2) is 9.59 Å². The van der Waals surface area contributed by atoms with Crippen molar-refractivity contribution in [1.29, 1.82) is 0 Å². The summed E-state index contributed by atoms with van der Waals surface area (Å²) in [6.45, 7) is 0. The maximum absolute atomic E-state index is 11.0. The van der Waals surface area contributed by atoms with E-state index in [0.29, 0.717) is 5.25 Å². The van der Waals surface area contributed by atoms with Crippen LogP contribution in [-0.2, 0) is 14.4 Å². The summed E-state index contributed by atoms with van der Waals surface area (Å²) in [6, 6.07) is 0.252. The number of hydrogen-bond donors (Lipinski definition) is 3. The average Bonchev–Trinajstić information content (AvgIpc) is 2.59. The molecule has 2 unspecified atom stereocenters. The lowest BCUT2D eigenvalue weighted by Gasteiger charge is -2.14. The molecule has 2 aliphatic heterocycles. The van der Waals surface area contributed by atoms with E-state index in [1.165, 1.54) is 0 Å². The maximum atomic E-state index is 11.0. The number of carbonyl (C=O) groups is 3. The van der Waals surface area contributed by atoms with Crippen LogP contribution in [0.15, 0.2) is 23.6 Å². The summed E-state index contributed by atoms with van der Waals surface area (Å²) in [5, 5.41) is 20.3. The molecule has 2 aliphatic rings. The first kappa shape index (κ1) is 13.3. The van der Waals surface area contributed by atoms with Crippen LogP contribution in [0, 0.1) is 0 Å². The van der Waals surface area contributed by atoms with Gasteiger partial charge in [-0.15, -0.1) is 11.8 Å². The second kappa shape index (κ2) is 6.09. The van der Waals surface area contributed by atoms with Gasteiger partial charge in [-0.2, -0.15) is 0 Å². The number of carboxylic acids is 2. The Morgan fingerprint density at radius 1 is 1.35 bits per heavy atom. The fourth-order valence-electron chi connectivity index (χ4n) is 1.30. The number of thioether (sulfide) groups is 1. The first-order valence-electron chi connectivity index (χ1n) is 4.76. The molecule has 2 rings (SSSR count). The Balaban J connectivity index is 0.000000209. The molecule has 0 aromatic heterocycles. The van der Waals surface area contributed by atoms with Gasteiger partial charge in [0, 0.05) is 5.25 Å². The van der Waals surface area contributed by atoms with E-state index in [9.17, 15) is 4.79 Å². The zero-order chi connectivity index (χ0) is 12.8. The Kier molecular flexibility index (Phi) is 4.77. The smallest absolute Gasteiger partial charge is 0.414 e. The lowest BCUT2D eigenvalue weighted by Crippen LogP contribution is -2.36. The van der Waals surface area contributed by atoms with Crippen molar-refractivity contribution < 1.29 is 24.6 Å². The van der Waals surface area contributed by atoms with Crippen molar-refractivity contribution in [2.75, 3.05) is 0 Å². The fourth-order valence-corrected chi connectivity index (χ4v) is 2.32. The molecule has 0 aliphatic carbocycles. The van der Waals surface area contributed by atoms with E-state index in [4.69, 9.17) is 19.8 Å². The molecule has 0 saturated carbocycles. The molecule has 1 amide bonds. The number of fused-ring (bicyclic) bond motifs is 1. The van der Waals surface area contributed by atoms with E-state index in [-0.39, 0.29) is 11.9 Å². The normalized spacial score (nSPS) is 25.1. The lowest BCUT2D eigenvalue weighted by atomic mass is 10.1. The van der Waals surface area contributed by atoms with Crippen LogP contribution in [-0.4, -0.2) is 39.4 Å². The maximum Gasteiger partial charge on any atom is 0.414 e. The summed E-state index contributed by atoms with van der Waals surface area (Å²) >= 11 is 1.80. The van der Waals surface area contributed by atoms with Crippen molar-refractivity contribution in [1.82, 2.24) is 5.32 Å². The van der Waals surface area contributed by atoms with Crippen molar-refractivity contribution >= 4 is 29.6 Å². The molecule has 0 spiro atoms.